The maximum absolute atomic E-state index is 13.3. The lowest BCUT2D eigenvalue weighted by Crippen LogP contribution is -2.29. The summed E-state index contributed by atoms with van der Waals surface area (Å²) in [6, 6.07) is 17.2. The van der Waals surface area contributed by atoms with E-state index in [9.17, 15) is 27.9 Å². The lowest BCUT2D eigenvalue weighted by atomic mass is 9.94. The van der Waals surface area contributed by atoms with Crippen LogP contribution < -0.4 is 14.4 Å². The Kier molecular flexibility index (Phi) is 7.48. The van der Waals surface area contributed by atoms with Crippen LogP contribution in [0.15, 0.2) is 78.4 Å². The number of ether oxygens (including phenoxy) is 2. The third-order valence-corrected chi connectivity index (χ3v) is 5.86. The molecule has 38 heavy (non-hydrogen) atoms. The van der Waals surface area contributed by atoms with Crippen molar-refractivity contribution < 1.29 is 37.3 Å². The Labute approximate surface area is 217 Å². The predicted molar refractivity (Wildman–Crippen MR) is 136 cm³/mol. The van der Waals surface area contributed by atoms with E-state index in [1.165, 1.54) is 17.0 Å². The van der Waals surface area contributed by atoms with Crippen LogP contribution in [0.25, 0.3) is 5.76 Å². The molecule has 1 fully saturated rings. The Morgan fingerprint density at radius 3 is 2.18 bits per heavy atom. The molecule has 0 bridgehead atoms. The molecule has 6 nitrogen and oxygen atoms in total. The van der Waals surface area contributed by atoms with Crippen LogP contribution in [0.2, 0.25) is 0 Å². The number of hydrogen-bond donors (Lipinski definition) is 1. The van der Waals surface area contributed by atoms with E-state index < -0.39 is 29.8 Å². The number of anilines is 1. The molecule has 0 spiro atoms. The van der Waals surface area contributed by atoms with Crippen molar-refractivity contribution in [1.82, 2.24) is 0 Å². The fraction of sp³-hybridized carbons (Fsp3) is 0.241. The van der Waals surface area contributed by atoms with E-state index in [0.29, 0.717) is 29.4 Å². The minimum absolute atomic E-state index is 0.132. The number of aliphatic hydroxyl groups excluding tert-OH is 1. The Hall–Kier alpha value is -4.27. The maximum atomic E-state index is 13.3. The van der Waals surface area contributed by atoms with Gasteiger partial charge in [0.2, 0.25) is 0 Å². The van der Waals surface area contributed by atoms with Crippen LogP contribution in [0.4, 0.5) is 18.9 Å². The number of hydrogen-bond acceptors (Lipinski definition) is 5. The summed E-state index contributed by atoms with van der Waals surface area (Å²) in [5, 5.41) is 11.2. The lowest BCUT2D eigenvalue weighted by Gasteiger charge is -2.26. The number of halogens is 3. The van der Waals surface area contributed by atoms with Gasteiger partial charge in [-0.2, -0.15) is 0 Å². The van der Waals surface area contributed by atoms with Crippen LogP contribution in [0.5, 0.6) is 11.5 Å². The highest BCUT2D eigenvalue weighted by molar-refractivity contribution is 6.51. The number of amides is 1. The molecule has 0 radical (unpaired) electrons. The Morgan fingerprint density at radius 2 is 1.61 bits per heavy atom. The van der Waals surface area contributed by atoms with Crippen LogP contribution in [0.1, 0.15) is 36.6 Å². The summed E-state index contributed by atoms with van der Waals surface area (Å²) in [6.07, 6.45) is -4.87. The van der Waals surface area contributed by atoms with Gasteiger partial charge in [-0.15, -0.1) is 13.2 Å². The van der Waals surface area contributed by atoms with E-state index >= 15 is 0 Å². The molecule has 198 valence electrons. The summed E-state index contributed by atoms with van der Waals surface area (Å²) in [7, 11) is 0. The molecule has 0 aromatic heterocycles. The molecule has 1 heterocycles. The second-order valence-electron chi connectivity index (χ2n) is 9.35. The zero-order chi connectivity index (χ0) is 27.6. The first-order valence-corrected chi connectivity index (χ1v) is 11.9. The molecule has 4 rings (SSSR count). The number of ketones is 1. The molecule has 1 saturated heterocycles. The standard InChI is InChI=1S/C29H26F3NO5/c1-17(2)16-37-22-11-7-19(8-12-22)26(34)24-25(20-6-4-5-18(3)15-20)33(28(36)27(24)35)21-9-13-23(14-10-21)38-29(30,31)32/h4-15,17,25,34H,16H2,1-3H3/b26-24-. The predicted octanol–water partition coefficient (Wildman–Crippen LogP) is 6.55. The minimum atomic E-state index is -4.87. The number of nitrogens with zero attached hydrogens (tertiary/aromatic N) is 1. The summed E-state index contributed by atoms with van der Waals surface area (Å²) in [5.74, 6) is -1.76. The van der Waals surface area contributed by atoms with E-state index in [0.717, 1.165) is 17.7 Å². The van der Waals surface area contributed by atoms with E-state index in [1.54, 1.807) is 42.5 Å². The summed E-state index contributed by atoms with van der Waals surface area (Å²) in [5.41, 5.74) is 1.76. The highest BCUT2D eigenvalue weighted by Crippen LogP contribution is 2.43. The van der Waals surface area contributed by atoms with Crippen LogP contribution in [0.3, 0.4) is 0 Å². The van der Waals surface area contributed by atoms with Crippen LogP contribution in [-0.2, 0) is 9.59 Å². The first-order chi connectivity index (χ1) is 17.9. The summed E-state index contributed by atoms with van der Waals surface area (Å²) in [4.78, 5) is 27.7. The molecule has 1 amide bonds. The molecule has 1 aliphatic rings. The third kappa shape index (κ3) is 5.82. The number of alkyl halides is 3. The summed E-state index contributed by atoms with van der Waals surface area (Å²) < 4.78 is 47.4. The van der Waals surface area contributed by atoms with Crippen molar-refractivity contribution in [1.29, 1.82) is 0 Å². The zero-order valence-electron chi connectivity index (χ0n) is 21.0. The first kappa shape index (κ1) is 26.8. The van der Waals surface area contributed by atoms with Crippen molar-refractivity contribution in [3.8, 4) is 11.5 Å². The van der Waals surface area contributed by atoms with Gasteiger partial charge in [-0.25, -0.2) is 0 Å². The fourth-order valence-corrected chi connectivity index (χ4v) is 4.19. The van der Waals surface area contributed by atoms with Gasteiger partial charge in [0.1, 0.15) is 17.3 Å². The molecule has 9 heteroatoms. The van der Waals surface area contributed by atoms with Gasteiger partial charge in [0.25, 0.3) is 11.7 Å². The quantitative estimate of drug-likeness (QED) is 0.215. The van der Waals surface area contributed by atoms with Gasteiger partial charge < -0.3 is 14.6 Å². The highest BCUT2D eigenvalue weighted by atomic mass is 19.4. The van der Waals surface area contributed by atoms with Crippen LogP contribution in [-0.4, -0.2) is 29.8 Å². The van der Waals surface area contributed by atoms with Crippen LogP contribution >= 0.6 is 0 Å². The molecule has 1 unspecified atom stereocenters. The van der Waals surface area contributed by atoms with Crippen molar-refractivity contribution in [2.45, 2.75) is 33.2 Å². The van der Waals surface area contributed by atoms with Gasteiger partial charge in [-0.05, 0) is 66.9 Å². The number of benzene rings is 3. The number of carbonyl (C=O) groups is 2. The van der Waals surface area contributed by atoms with Gasteiger partial charge >= 0.3 is 6.36 Å². The van der Waals surface area contributed by atoms with Crippen molar-refractivity contribution in [3.05, 3.63) is 95.1 Å². The van der Waals surface area contributed by atoms with Gasteiger partial charge in [-0.3, -0.25) is 14.5 Å². The monoisotopic (exact) mass is 525 g/mol. The van der Waals surface area contributed by atoms with E-state index in [4.69, 9.17) is 4.74 Å². The maximum Gasteiger partial charge on any atom is 0.573 e. The van der Waals surface area contributed by atoms with Gasteiger partial charge in [0.05, 0.1) is 18.2 Å². The van der Waals surface area contributed by atoms with E-state index in [1.807, 2.05) is 26.8 Å². The molecule has 1 atom stereocenters. The average molecular weight is 526 g/mol. The molecule has 3 aromatic carbocycles. The first-order valence-electron chi connectivity index (χ1n) is 11.9. The van der Waals surface area contributed by atoms with Crippen molar-refractivity contribution in [2.24, 2.45) is 5.92 Å². The topological polar surface area (TPSA) is 76.1 Å². The molecule has 0 aliphatic carbocycles. The van der Waals surface area contributed by atoms with Gasteiger partial charge in [0, 0.05) is 11.3 Å². The summed E-state index contributed by atoms with van der Waals surface area (Å²) in [6.45, 7) is 6.38. The van der Waals surface area contributed by atoms with Crippen LogP contribution in [0, 0.1) is 12.8 Å². The second-order valence-corrected chi connectivity index (χ2v) is 9.35. The Bertz CT molecular complexity index is 1360. The Morgan fingerprint density at radius 1 is 0.974 bits per heavy atom. The number of Topliss-reactive ketones (excluding diaryl/α,β-unsaturated/α-hetero) is 1. The Balaban J connectivity index is 1.78. The second kappa shape index (κ2) is 10.6. The molecule has 0 saturated carbocycles. The molecule has 1 N–H and O–H groups in total. The van der Waals surface area contributed by atoms with Gasteiger partial charge in [0.15, 0.2) is 0 Å². The zero-order valence-corrected chi connectivity index (χ0v) is 21.0. The molecular weight excluding hydrogens is 499 g/mol. The molecule has 3 aromatic rings. The van der Waals surface area contributed by atoms with Gasteiger partial charge in [-0.1, -0.05) is 43.7 Å². The highest BCUT2D eigenvalue weighted by Gasteiger charge is 2.47. The van der Waals surface area contributed by atoms with Crippen molar-refractivity contribution >= 4 is 23.1 Å². The number of carbonyl (C=O) groups excluding carboxylic acids is 2. The minimum Gasteiger partial charge on any atom is -0.507 e. The lowest BCUT2D eigenvalue weighted by molar-refractivity contribution is -0.274. The average Bonchev–Trinajstić information content (AvgIpc) is 3.12. The van der Waals surface area contributed by atoms with E-state index in [2.05, 4.69) is 4.74 Å². The number of rotatable bonds is 7. The van der Waals surface area contributed by atoms with Crippen molar-refractivity contribution in [2.75, 3.05) is 11.5 Å². The molecule has 1 aliphatic heterocycles. The van der Waals surface area contributed by atoms with Crippen molar-refractivity contribution in [3.63, 3.8) is 0 Å². The fourth-order valence-electron chi connectivity index (χ4n) is 4.19. The number of aliphatic hydroxyl groups is 1. The van der Waals surface area contributed by atoms with E-state index in [-0.39, 0.29) is 17.0 Å². The summed E-state index contributed by atoms with van der Waals surface area (Å²) >= 11 is 0. The SMILES string of the molecule is Cc1cccc(C2/C(=C(/O)c3ccc(OCC(C)C)cc3)C(=O)C(=O)N2c2ccc(OC(F)(F)F)cc2)c1. The molecular formula is C29H26F3NO5. The normalized spacial score (nSPS) is 17.2. The third-order valence-electron chi connectivity index (χ3n) is 5.86. The largest absolute Gasteiger partial charge is 0.573 e. The number of aryl methyl sites for hydroxylation is 1. The smallest absolute Gasteiger partial charge is 0.507 e.